The molecule has 2 aromatic carbocycles. The van der Waals surface area contributed by atoms with E-state index in [2.05, 4.69) is 11.4 Å². The normalized spacial score (nSPS) is 13.9. The summed E-state index contributed by atoms with van der Waals surface area (Å²) in [5.41, 5.74) is 2.93. The molecule has 1 N–H and O–H groups in total. The molecule has 166 valence electrons. The third-order valence-corrected chi connectivity index (χ3v) is 7.20. The van der Waals surface area contributed by atoms with E-state index < -0.39 is 10.0 Å². The van der Waals surface area contributed by atoms with Crippen molar-refractivity contribution in [3.05, 3.63) is 65.7 Å². The Balaban J connectivity index is 1.49. The number of amides is 1. The number of carbonyl (C=O) groups excluding carboxylic acids is 1. The number of rotatable bonds is 9. The van der Waals surface area contributed by atoms with Gasteiger partial charge in [0.05, 0.1) is 10.6 Å². The molecule has 0 radical (unpaired) electrons. The van der Waals surface area contributed by atoms with Crippen LogP contribution in [0.3, 0.4) is 0 Å². The molecular formula is C24H30N2O4S. The molecule has 0 atom stereocenters. The molecule has 2 aromatic rings. The zero-order chi connectivity index (χ0) is 22.3. The van der Waals surface area contributed by atoms with Crippen molar-refractivity contribution in [1.29, 1.82) is 0 Å². The van der Waals surface area contributed by atoms with Gasteiger partial charge < -0.3 is 10.1 Å². The second-order valence-electron chi connectivity index (χ2n) is 7.78. The van der Waals surface area contributed by atoms with Crippen molar-refractivity contribution in [3.8, 4) is 5.75 Å². The number of carbonyl (C=O) groups is 1. The van der Waals surface area contributed by atoms with Crippen LogP contribution in [0, 0.1) is 6.92 Å². The Bertz CT molecular complexity index is 1010. The summed E-state index contributed by atoms with van der Waals surface area (Å²) < 4.78 is 32.4. The second-order valence-corrected chi connectivity index (χ2v) is 9.75. The fraction of sp³-hybridized carbons (Fsp3) is 0.375. The Morgan fingerprint density at radius 2 is 1.77 bits per heavy atom. The van der Waals surface area contributed by atoms with Gasteiger partial charge in [-0.2, -0.15) is 0 Å². The zero-order valence-electron chi connectivity index (χ0n) is 18.1. The van der Waals surface area contributed by atoms with Crippen LogP contribution in [0.5, 0.6) is 5.75 Å². The van der Waals surface area contributed by atoms with Crippen LogP contribution < -0.4 is 14.4 Å². The lowest BCUT2D eigenvalue weighted by Crippen LogP contribution is -2.30. The van der Waals surface area contributed by atoms with Gasteiger partial charge in [0.2, 0.25) is 0 Å². The first-order valence-electron chi connectivity index (χ1n) is 10.6. The van der Waals surface area contributed by atoms with Gasteiger partial charge in [0.1, 0.15) is 5.75 Å². The van der Waals surface area contributed by atoms with E-state index in [1.165, 1.54) is 29.8 Å². The Hall–Kier alpha value is -2.80. The van der Waals surface area contributed by atoms with Gasteiger partial charge in [-0.15, -0.1) is 0 Å². The summed E-state index contributed by atoms with van der Waals surface area (Å²) in [5, 5.41) is 2.88. The first-order valence-corrected chi connectivity index (χ1v) is 12.0. The molecule has 6 nitrogen and oxygen atoms in total. The molecule has 0 saturated carbocycles. The van der Waals surface area contributed by atoms with Gasteiger partial charge in [0.15, 0.2) is 6.61 Å². The van der Waals surface area contributed by atoms with E-state index in [1.54, 1.807) is 48.5 Å². The maximum Gasteiger partial charge on any atom is 0.264 e. The largest absolute Gasteiger partial charge is 0.484 e. The average molecular weight is 443 g/mol. The van der Waals surface area contributed by atoms with Crippen LogP contribution in [0.1, 0.15) is 37.7 Å². The standard InChI is InChI=1S/C24H30N2O4S/c1-19-8-14-23(15-9-19)31(28,29)26(2)21-10-12-22(13-11-21)30-18-24(27)25-17-16-20-6-4-3-5-7-20/h6,8-15H,3-5,7,16-18H2,1-2H3,(H,25,27). The fourth-order valence-electron chi connectivity index (χ4n) is 3.45. The van der Waals surface area contributed by atoms with E-state index in [1.807, 2.05) is 6.92 Å². The molecule has 1 aliphatic rings. The van der Waals surface area contributed by atoms with Crippen molar-refractivity contribution < 1.29 is 17.9 Å². The van der Waals surface area contributed by atoms with Gasteiger partial charge in [-0.25, -0.2) is 8.42 Å². The van der Waals surface area contributed by atoms with E-state index in [0.29, 0.717) is 18.0 Å². The second kappa shape index (κ2) is 10.5. The van der Waals surface area contributed by atoms with Gasteiger partial charge in [-0.3, -0.25) is 9.10 Å². The number of anilines is 1. The number of ether oxygens (including phenoxy) is 1. The minimum atomic E-state index is -3.64. The third kappa shape index (κ3) is 6.34. The number of hydrogen-bond acceptors (Lipinski definition) is 4. The number of aryl methyl sites for hydroxylation is 1. The topological polar surface area (TPSA) is 75.7 Å². The van der Waals surface area contributed by atoms with Gasteiger partial charge in [-0.1, -0.05) is 29.3 Å². The summed E-state index contributed by atoms with van der Waals surface area (Å²) in [6.45, 7) is 2.46. The number of nitrogens with one attached hydrogen (secondary N) is 1. The molecule has 0 unspecified atom stereocenters. The van der Waals surface area contributed by atoms with Crippen molar-refractivity contribution in [3.63, 3.8) is 0 Å². The van der Waals surface area contributed by atoms with Crippen molar-refractivity contribution in [2.75, 3.05) is 24.5 Å². The van der Waals surface area contributed by atoms with Crippen molar-refractivity contribution in [1.82, 2.24) is 5.32 Å². The highest BCUT2D eigenvalue weighted by Gasteiger charge is 2.21. The average Bonchev–Trinajstić information content (AvgIpc) is 2.78. The lowest BCUT2D eigenvalue weighted by Gasteiger charge is -2.20. The summed E-state index contributed by atoms with van der Waals surface area (Å²) in [5.74, 6) is 0.342. The van der Waals surface area contributed by atoms with E-state index in [9.17, 15) is 13.2 Å². The molecule has 0 saturated heterocycles. The summed E-state index contributed by atoms with van der Waals surface area (Å²) in [6, 6.07) is 13.4. The van der Waals surface area contributed by atoms with Crippen molar-refractivity contribution >= 4 is 21.6 Å². The Kier molecular flexibility index (Phi) is 7.74. The monoisotopic (exact) mass is 442 g/mol. The summed E-state index contributed by atoms with van der Waals surface area (Å²) >= 11 is 0. The Labute approximate surface area is 185 Å². The lowest BCUT2D eigenvalue weighted by atomic mass is 9.97. The third-order valence-electron chi connectivity index (χ3n) is 5.40. The quantitative estimate of drug-likeness (QED) is 0.591. The molecule has 3 rings (SSSR count). The van der Waals surface area contributed by atoms with Gasteiger partial charge in [-0.05, 0) is 75.4 Å². The van der Waals surface area contributed by atoms with E-state index in [0.717, 1.165) is 24.8 Å². The minimum absolute atomic E-state index is 0.0735. The first-order chi connectivity index (χ1) is 14.9. The summed E-state index contributed by atoms with van der Waals surface area (Å²) in [4.78, 5) is 12.2. The predicted molar refractivity (Wildman–Crippen MR) is 123 cm³/mol. The molecule has 0 aliphatic heterocycles. The number of nitrogens with zero attached hydrogens (tertiary/aromatic N) is 1. The van der Waals surface area contributed by atoms with Crippen LogP contribution in [0.15, 0.2) is 65.1 Å². The van der Waals surface area contributed by atoms with Gasteiger partial charge in [0, 0.05) is 13.6 Å². The number of sulfonamides is 1. The Morgan fingerprint density at radius 1 is 1.06 bits per heavy atom. The number of hydrogen-bond donors (Lipinski definition) is 1. The maximum absolute atomic E-state index is 12.8. The van der Waals surface area contributed by atoms with Crippen molar-refractivity contribution in [2.24, 2.45) is 0 Å². The van der Waals surface area contributed by atoms with E-state index >= 15 is 0 Å². The molecule has 1 amide bonds. The highest BCUT2D eigenvalue weighted by atomic mass is 32.2. The predicted octanol–water partition coefficient (Wildman–Crippen LogP) is 4.21. The van der Waals surface area contributed by atoms with E-state index in [4.69, 9.17) is 4.74 Å². The maximum atomic E-state index is 12.8. The fourth-order valence-corrected chi connectivity index (χ4v) is 4.65. The molecule has 0 spiro atoms. The highest BCUT2D eigenvalue weighted by Crippen LogP contribution is 2.24. The first kappa shape index (κ1) is 22.9. The molecule has 0 bridgehead atoms. The molecule has 0 heterocycles. The van der Waals surface area contributed by atoms with Gasteiger partial charge >= 0.3 is 0 Å². The number of allylic oxidation sites excluding steroid dienone is 1. The highest BCUT2D eigenvalue weighted by molar-refractivity contribution is 7.92. The van der Waals surface area contributed by atoms with Crippen molar-refractivity contribution in [2.45, 2.75) is 43.9 Å². The molecular weight excluding hydrogens is 412 g/mol. The smallest absolute Gasteiger partial charge is 0.264 e. The van der Waals surface area contributed by atoms with Crippen LogP contribution in [-0.4, -0.2) is 34.5 Å². The summed E-state index contributed by atoms with van der Waals surface area (Å²) in [7, 11) is -2.13. The Morgan fingerprint density at radius 3 is 2.42 bits per heavy atom. The van der Waals surface area contributed by atoms with Crippen LogP contribution >= 0.6 is 0 Å². The van der Waals surface area contributed by atoms with Crippen LogP contribution in [0.25, 0.3) is 0 Å². The lowest BCUT2D eigenvalue weighted by molar-refractivity contribution is -0.123. The minimum Gasteiger partial charge on any atom is -0.484 e. The van der Waals surface area contributed by atoms with Crippen LogP contribution in [0.4, 0.5) is 5.69 Å². The summed E-state index contributed by atoms with van der Waals surface area (Å²) in [6.07, 6.45) is 7.94. The van der Waals surface area contributed by atoms with Crippen LogP contribution in [0.2, 0.25) is 0 Å². The number of benzene rings is 2. The molecule has 0 aromatic heterocycles. The van der Waals surface area contributed by atoms with Gasteiger partial charge in [0.25, 0.3) is 15.9 Å². The van der Waals surface area contributed by atoms with Crippen LogP contribution in [-0.2, 0) is 14.8 Å². The molecule has 1 aliphatic carbocycles. The molecule has 7 heteroatoms. The SMILES string of the molecule is Cc1ccc(S(=O)(=O)N(C)c2ccc(OCC(=O)NCCC3=CCCCC3)cc2)cc1. The molecule has 31 heavy (non-hydrogen) atoms. The zero-order valence-corrected chi connectivity index (χ0v) is 19.0. The molecule has 0 fully saturated rings. The van der Waals surface area contributed by atoms with E-state index in [-0.39, 0.29) is 17.4 Å².